The van der Waals surface area contributed by atoms with E-state index in [2.05, 4.69) is 47.3 Å². The van der Waals surface area contributed by atoms with E-state index in [1.165, 1.54) is 6.07 Å². The monoisotopic (exact) mass is 547 g/mol. The van der Waals surface area contributed by atoms with Crippen molar-refractivity contribution in [3.8, 4) is 11.3 Å². The van der Waals surface area contributed by atoms with Crippen LogP contribution in [0.2, 0.25) is 0 Å². The topological polar surface area (TPSA) is 104 Å². The maximum atomic E-state index is 15.2. The van der Waals surface area contributed by atoms with Gasteiger partial charge in [0, 0.05) is 68.6 Å². The Balaban J connectivity index is 1.42. The number of benzene rings is 1. The molecule has 3 aromatic heterocycles. The standard InChI is InChI=1S/C28H31F2N9O/c1-4-37-5-7-38(8-6-37)15-19-13-31-24-12-22(19)34-25(40)9-16(2)39-17(3)33-27-20(29)10-18(11-23(27)39)26-21(30)14-32-28(35-24)36-26/h10-14,16H,4-9,15H2,1-3H3,(H,34,40)(H,31,32,35,36)/t16-/m1/s1. The Labute approximate surface area is 230 Å². The molecule has 208 valence electrons. The van der Waals surface area contributed by atoms with Crippen molar-refractivity contribution in [2.24, 2.45) is 0 Å². The highest BCUT2D eigenvalue weighted by Crippen LogP contribution is 2.32. The van der Waals surface area contributed by atoms with Gasteiger partial charge in [0.1, 0.15) is 22.9 Å². The van der Waals surface area contributed by atoms with E-state index in [0.717, 1.165) is 44.5 Å². The number of fused-ring (bicyclic) bond motifs is 6. The molecular formula is C28H31F2N9O. The normalized spacial score (nSPS) is 18.3. The van der Waals surface area contributed by atoms with Crippen LogP contribution in [0.1, 0.15) is 37.7 Å². The number of aryl methyl sites for hydroxylation is 1. The fourth-order valence-corrected chi connectivity index (χ4v) is 5.57. The number of nitrogens with zero attached hydrogens (tertiary/aromatic N) is 7. The SMILES string of the molecule is CCN1CCN(Cc2cnc3cc2NC(=O)C[C@@H](C)n2c(C)nc4c(F)cc(cc42)-c2nc(ncc2F)N3)CC1. The fourth-order valence-electron chi connectivity index (χ4n) is 5.57. The molecule has 12 heteroatoms. The first-order valence-corrected chi connectivity index (χ1v) is 13.5. The summed E-state index contributed by atoms with van der Waals surface area (Å²) in [5.41, 5.74) is 2.33. The zero-order chi connectivity index (χ0) is 28.0. The van der Waals surface area contributed by atoms with E-state index >= 15 is 4.39 Å². The predicted molar refractivity (Wildman–Crippen MR) is 148 cm³/mol. The quantitative estimate of drug-likeness (QED) is 0.392. The second kappa shape index (κ2) is 10.5. The number of piperazine rings is 1. The summed E-state index contributed by atoms with van der Waals surface area (Å²) in [5, 5.41) is 6.08. The Morgan fingerprint density at radius 1 is 0.975 bits per heavy atom. The molecule has 1 amide bonds. The zero-order valence-electron chi connectivity index (χ0n) is 22.7. The highest BCUT2D eigenvalue weighted by atomic mass is 19.1. The summed E-state index contributed by atoms with van der Waals surface area (Å²) < 4.78 is 31.9. The fraction of sp³-hybridized carbons (Fsp3) is 0.393. The van der Waals surface area contributed by atoms with Crippen molar-refractivity contribution in [1.29, 1.82) is 0 Å². The lowest BCUT2D eigenvalue weighted by atomic mass is 10.1. The van der Waals surface area contributed by atoms with Gasteiger partial charge in [0.25, 0.3) is 0 Å². The van der Waals surface area contributed by atoms with Crippen LogP contribution in [0, 0.1) is 18.6 Å². The molecule has 1 fully saturated rings. The Hall–Kier alpha value is -4.03. The molecule has 10 nitrogen and oxygen atoms in total. The van der Waals surface area contributed by atoms with Crippen LogP contribution in [0.4, 0.5) is 26.2 Å². The van der Waals surface area contributed by atoms with E-state index in [1.807, 2.05) is 11.5 Å². The van der Waals surface area contributed by atoms with Crippen LogP contribution in [-0.2, 0) is 11.3 Å². The van der Waals surface area contributed by atoms with Gasteiger partial charge in [-0.25, -0.2) is 28.7 Å². The van der Waals surface area contributed by atoms with Gasteiger partial charge in [-0.15, -0.1) is 0 Å². The summed E-state index contributed by atoms with van der Waals surface area (Å²) in [6.07, 6.45) is 2.90. The minimum Gasteiger partial charge on any atom is -0.326 e. The second-order valence-corrected chi connectivity index (χ2v) is 10.4. The smallest absolute Gasteiger partial charge is 0.229 e. The van der Waals surface area contributed by atoms with E-state index in [-0.39, 0.29) is 41.1 Å². The molecule has 1 atom stereocenters. The molecule has 6 bridgehead atoms. The average molecular weight is 548 g/mol. The van der Waals surface area contributed by atoms with E-state index in [1.54, 1.807) is 25.3 Å². The van der Waals surface area contributed by atoms with Gasteiger partial charge >= 0.3 is 0 Å². The Kier molecular flexibility index (Phi) is 6.88. The molecule has 2 aliphatic rings. The first-order chi connectivity index (χ1) is 19.3. The van der Waals surface area contributed by atoms with Crippen LogP contribution >= 0.6 is 0 Å². The number of carbonyl (C=O) groups excluding carboxylic acids is 1. The van der Waals surface area contributed by atoms with Crippen molar-refractivity contribution in [2.75, 3.05) is 43.4 Å². The van der Waals surface area contributed by atoms with E-state index < -0.39 is 11.6 Å². The number of halogens is 2. The number of pyridine rings is 1. The lowest BCUT2D eigenvalue weighted by Crippen LogP contribution is -2.45. The third-order valence-corrected chi connectivity index (χ3v) is 7.67. The number of hydrogen-bond donors (Lipinski definition) is 2. The minimum atomic E-state index is -0.687. The molecule has 2 aliphatic heterocycles. The molecule has 2 N–H and O–H groups in total. The summed E-state index contributed by atoms with van der Waals surface area (Å²) in [6.45, 7) is 11.3. The molecule has 0 aliphatic carbocycles. The molecule has 0 unspecified atom stereocenters. The second-order valence-electron chi connectivity index (χ2n) is 10.4. The number of imidazole rings is 1. The number of amides is 1. The predicted octanol–water partition coefficient (Wildman–Crippen LogP) is 4.26. The van der Waals surface area contributed by atoms with Gasteiger partial charge < -0.3 is 20.1 Å². The first-order valence-electron chi connectivity index (χ1n) is 13.5. The number of likely N-dealkylation sites (N-methyl/N-ethyl adjacent to an activating group) is 1. The summed E-state index contributed by atoms with van der Waals surface area (Å²) in [4.78, 5) is 35.5. The van der Waals surface area contributed by atoms with Crippen LogP contribution in [0.15, 0.2) is 30.6 Å². The van der Waals surface area contributed by atoms with Crippen LogP contribution < -0.4 is 10.6 Å². The Morgan fingerprint density at radius 3 is 2.52 bits per heavy atom. The van der Waals surface area contributed by atoms with Crippen molar-refractivity contribution < 1.29 is 13.6 Å². The highest BCUT2D eigenvalue weighted by molar-refractivity contribution is 5.92. The largest absolute Gasteiger partial charge is 0.326 e. The van der Waals surface area contributed by atoms with Gasteiger partial charge in [0.2, 0.25) is 11.9 Å². The summed E-state index contributed by atoms with van der Waals surface area (Å²) in [6, 6.07) is 4.26. The van der Waals surface area contributed by atoms with Crippen molar-refractivity contribution in [3.63, 3.8) is 0 Å². The lowest BCUT2D eigenvalue weighted by molar-refractivity contribution is -0.116. The molecule has 4 aromatic rings. The Bertz CT molecular complexity index is 1600. The summed E-state index contributed by atoms with van der Waals surface area (Å²) >= 11 is 0. The molecule has 1 saturated heterocycles. The summed E-state index contributed by atoms with van der Waals surface area (Å²) in [5.74, 6) is -0.438. The van der Waals surface area contributed by atoms with Crippen LogP contribution in [0.5, 0.6) is 0 Å². The van der Waals surface area contributed by atoms with Crippen molar-refractivity contribution >= 4 is 34.4 Å². The van der Waals surface area contributed by atoms with Gasteiger partial charge in [-0.3, -0.25) is 9.69 Å². The number of rotatable bonds is 3. The molecule has 0 radical (unpaired) electrons. The maximum Gasteiger partial charge on any atom is 0.229 e. The third-order valence-electron chi connectivity index (χ3n) is 7.67. The van der Waals surface area contributed by atoms with Gasteiger partial charge in [0.05, 0.1) is 17.4 Å². The van der Waals surface area contributed by atoms with Gasteiger partial charge in [0.15, 0.2) is 11.6 Å². The van der Waals surface area contributed by atoms with Crippen LogP contribution in [0.3, 0.4) is 0 Å². The molecule has 40 heavy (non-hydrogen) atoms. The first kappa shape index (κ1) is 26.2. The number of hydrogen-bond acceptors (Lipinski definition) is 8. The number of aromatic nitrogens is 5. The zero-order valence-corrected chi connectivity index (χ0v) is 22.7. The van der Waals surface area contributed by atoms with Crippen LogP contribution in [-0.4, -0.2) is 72.9 Å². The minimum absolute atomic E-state index is 0.0523. The molecular weight excluding hydrogens is 516 g/mol. The third kappa shape index (κ3) is 5.00. The van der Waals surface area contributed by atoms with Crippen LogP contribution in [0.25, 0.3) is 22.3 Å². The van der Waals surface area contributed by atoms with E-state index in [9.17, 15) is 9.18 Å². The number of nitrogens with one attached hydrogen (secondary N) is 2. The van der Waals surface area contributed by atoms with Gasteiger partial charge in [-0.1, -0.05) is 6.92 Å². The van der Waals surface area contributed by atoms with Gasteiger partial charge in [-0.2, -0.15) is 0 Å². The molecule has 0 spiro atoms. The number of anilines is 3. The van der Waals surface area contributed by atoms with Crippen molar-refractivity contribution in [3.05, 3.63) is 53.6 Å². The maximum absolute atomic E-state index is 15.2. The van der Waals surface area contributed by atoms with Crippen molar-refractivity contribution in [1.82, 2.24) is 34.3 Å². The molecule has 1 aromatic carbocycles. The summed E-state index contributed by atoms with van der Waals surface area (Å²) in [7, 11) is 0. The Morgan fingerprint density at radius 2 is 1.75 bits per heavy atom. The number of carbonyl (C=O) groups is 1. The molecule has 6 rings (SSSR count). The van der Waals surface area contributed by atoms with E-state index in [4.69, 9.17) is 0 Å². The average Bonchev–Trinajstić information content (AvgIpc) is 3.27. The van der Waals surface area contributed by atoms with Crippen molar-refractivity contribution in [2.45, 2.75) is 39.8 Å². The lowest BCUT2D eigenvalue weighted by Gasteiger charge is -2.34. The van der Waals surface area contributed by atoms with E-state index in [0.29, 0.717) is 29.4 Å². The van der Waals surface area contributed by atoms with Gasteiger partial charge in [-0.05, 0) is 32.5 Å². The molecule has 5 heterocycles. The highest BCUT2D eigenvalue weighted by Gasteiger charge is 2.23. The molecule has 0 saturated carbocycles.